The molecule has 0 saturated heterocycles. The van der Waals surface area contributed by atoms with Crippen molar-refractivity contribution in [2.24, 2.45) is 0 Å². The van der Waals surface area contributed by atoms with Crippen molar-refractivity contribution < 1.29 is 0 Å². The number of hydrogen-bond acceptors (Lipinski definition) is 3. The van der Waals surface area contributed by atoms with Crippen LogP contribution in [0, 0.1) is 6.92 Å². The van der Waals surface area contributed by atoms with Crippen LogP contribution in [0.4, 0.5) is 0 Å². The Kier molecular flexibility index (Phi) is 3.77. The molecule has 6 nitrogen and oxygen atoms in total. The predicted octanol–water partition coefficient (Wildman–Crippen LogP) is 1.08. The maximum atomic E-state index is 12.1. The van der Waals surface area contributed by atoms with E-state index in [4.69, 9.17) is 0 Å². The molecule has 0 atom stereocenters. The molecule has 0 aromatic carbocycles. The van der Waals surface area contributed by atoms with Crippen LogP contribution < -0.4 is 11.2 Å². The lowest BCUT2D eigenvalue weighted by atomic mass is 9.96. The van der Waals surface area contributed by atoms with E-state index in [-0.39, 0.29) is 11.2 Å². The lowest BCUT2D eigenvalue weighted by Crippen LogP contribution is -2.36. The Morgan fingerprint density at radius 3 is 2.86 bits per heavy atom. The number of nitrogens with zero attached hydrogens (tertiary/aromatic N) is 2. The number of hydrogen-bond donors (Lipinski definition) is 2. The SMILES string of the molecule is Cc1[nH]ncc1CCCn1c2c(c(=O)[nH]c1=O)CCCC2. The number of fused-ring (bicyclic) bond motifs is 1. The molecule has 2 aromatic rings. The van der Waals surface area contributed by atoms with E-state index in [1.807, 2.05) is 13.1 Å². The van der Waals surface area contributed by atoms with E-state index in [0.717, 1.165) is 55.5 Å². The van der Waals surface area contributed by atoms with Crippen LogP contribution in [0.1, 0.15) is 41.8 Å². The highest BCUT2D eigenvalue weighted by Gasteiger charge is 2.17. The van der Waals surface area contributed by atoms with Crippen molar-refractivity contribution in [3.05, 3.63) is 49.5 Å². The molecule has 112 valence electrons. The first kappa shape index (κ1) is 13.9. The van der Waals surface area contributed by atoms with Crippen LogP contribution in [0.3, 0.4) is 0 Å². The third-order valence-corrected chi connectivity index (χ3v) is 4.27. The summed E-state index contributed by atoms with van der Waals surface area (Å²) in [5.74, 6) is 0. The van der Waals surface area contributed by atoms with Gasteiger partial charge in [-0.25, -0.2) is 4.79 Å². The molecule has 2 heterocycles. The molecule has 1 aliphatic carbocycles. The van der Waals surface area contributed by atoms with Gasteiger partial charge in [0.25, 0.3) is 5.56 Å². The van der Waals surface area contributed by atoms with Gasteiger partial charge in [-0.3, -0.25) is 19.4 Å². The minimum atomic E-state index is -0.274. The van der Waals surface area contributed by atoms with Crippen LogP contribution >= 0.6 is 0 Å². The highest BCUT2D eigenvalue weighted by Crippen LogP contribution is 2.17. The Balaban J connectivity index is 1.81. The third kappa shape index (κ3) is 2.70. The smallest absolute Gasteiger partial charge is 0.297 e. The molecule has 0 aliphatic heterocycles. The lowest BCUT2D eigenvalue weighted by Gasteiger charge is -2.19. The first-order valence-corrected chi connectivity index (χ1v) is 7.50. The number of rotatable bonds is 4. The van der Waals surface area contributed by atoms with Gasteiger partial charge in [-0.05, 0) is 51.0 Å². The molecule has 2 aromatic heterocycles. The van der Waals surface area contributed by atoms with Gasteiger partial charge in [0.2, 0.25) is 0 Å². The van der Waals surface area contributed by atoms with E-state index < -0.39 is 0 Å². The fraction of sp³-hybridized carbons (Fsp3) is 0.533. The second-order valence-corrected chi connectivity index (χ2v) is 5.67. The quantitative estimate of drug-likeness (QED) is 0.883. The van der Waals surface area contributed by atoms with E-state index in [9.17, 15) is 9.59 Å². The van der Waals surface area contributed by atoms with Crippen molar-refractivity contribution >= 4 is 0 Å². The summed E-state index contributed by atoms with van der Waals surface area (Å²) in [5, 5.41) is 6.93. The van der Waals surface area contributed by atoms with E-state index >= 15 is 0 Å². The zero-order valence-electron chi connectivity index (χ0n) is 12.2. The van der Waals surface area contributed by atoms with Crippen LogP contribution in [0.25, 0.3) is 0 Å². The average molecular weight is 288 g/mol. The summed E-state index contributed by atoms with van der Waals surface area (Å²) >= 11 is 0. The van der Waals surface area contributed by atoms with Crippen molar-refractivity contribution in [3.8, 4) is 0 Å². The van der Waals surface area contributed by atoms with Crippen molar-refractivity contribution in [2.75, 3.05) is 0 Å². The van der Waals surface area contributed by atoms with E-state index in [0.29, 0.717) is 6.54 Å². The summed E-state index contributed by atoms with van der Waals surface area (Å²) in [6.07, 6.45) is 7.27. The summed E-state index contributed by atoms with van der Waals surface area (Å²) in [5.41, 5.74) is 3.53. The lowest BCUT2D eigenvalue weighted by molar-refractivity contribution is 0.534. The summed E-state index contributed by atoms with van der Waals surface area (Å²) in [7, 11) is 0. The minimum absolute atomic E-state index is 0.198. The van der Waals surface area contributed by atoms with E-state index in [1.54, 1.807) is 4.57 Å². The average Bonchev–Trinajstić information content (AvgIpc) is 2.88. The normalized spacial score (nSPS) is 14.1. The van der Waals surface area contributed by atoms with Crippen LogP contribution in [0.2, 0.25) is 0 Å². The van der Waals surface area contributed by atoms with Gasteiger partial charge in [0, 0.05) is 23.5 Å². The number of nitrogens with one attached hydrogen (secondary N) is 2. The van der Waals surface area contributed by atoms with Gasteiger partial charge in [0.05, 0.1) is 6.20 Å². The van der Waals surface area contributed by atoms with Crippen molar-refractivity contribution in [3.63, 3.8) is 0 Å². The van der Waals surface area contributed by atoms with Gasteiger partial charge in [-0.2, -0.15) is 5.10 Å². The van der Waals surface area contributed by atoms with E-state index in [1.165, 1.54) is 5.56 Å². The number of aromatic amines is 2. The van der Waals surface area contributed by atoms with Gasteiger partial charge in [0.1, 0.15) is 0 Å². The molecule has 0 saturated carbocycles. The molecule has 3 rings (SSSR count). The minimum Gasteiger partial charge on any atom is -0.297 e. The molecule has 0 radical (unpaired) electrons. The van der Waals surface area contributed by atoms with Crippen LogP contribution in [0.5, 0.6) is 0 Å². The van der Waals surface area contributed by atoms with Gasteiger partial charge in [0.15, 0.2) is 0 Å². The standard InChI is InChI=1S/C15H20N4O2/c1-10-11(9-16-18-10)5-4-8-19-13-7-3-2-6-12(13)14(20)17-15(19)21/h9H,2-8H2,1H3,(H,16,18)(H,17,20,21). The summed E-state index contributed by atoms with van der Waals surface area (Å²) < 4.78 is 1.76. The zero-order valence-corrected chi connectivity index (χ0v) is 12.2. The van der Waals surface area contributed by atoms with Crippen LogP contribution in [0.15, 0.2) is 15.8 Å². The Labute approximate surface area is 122 Å². The monoisotopic (exact) mass is 288 g/mol. The topological polar surface area (TPSA) is 83.5 Å². The van der Waals surface area contributed by atoms with Gasteiger partial charge >= 0.3 is 5.69 Å². The van der Waals surface area contributed by atoms with Gasteiger partial charge in [-0.15, -0.1) is 0 Å². The first-order chi connectivity index (χ1) is 10.2. The molecular formula is C15H20N4O2. The number of aryl methyl sites for hydroxylation is 2. The molecule has 2 N–H and O–H groups in total. The van der Waals surface area contributed by atoms with Crippen LogP contribution in [-0.4, -0.2) is 19.7 Å². The Bertz CT molecular complexity index is 754. The fourth-order valence-electron chi connectivity index (χ4n) is 3.09. The molecule has 1 aliphatic rings. The second-order valence-electron chi connectivity index (χ2n) is 5.67. The number of aromatic nitrogens is 4. The first-order valence-electron chi connectivity index (χ1n) is 7.50. The maximum absolute atomic E-state index is 12.1. The fourth-order valence-corrected chi connectivity index (χ4v) is 3.09. The summed E-state index contributed by atoms with van der Waals surface area (Å²) in [6, 6.07) is 0. The molecule has 6 heteroatoms. The summed E-state index contributed by atoms with van der Waals surface area (Å²) in [4.78, 5) is 26.4. The molecule has 0 bridgehead atoms. The molecular weight excluding hydrogens is 268 g/mol. The van der Waals surface area contributed by atoms with Gasteiger partial charge in [-0.1, -0.05) is 0 Å². The molecule has 0 unspecified atom stereocenters. The van der Waals surface area contributed by atoms with Crippen molar-refractivity contribution in [1.29, 1.82) is 0 Å². The van der Waals surface area contributed by atoms with Crippen LogP contribution in [-0.2, 0) is 25.8 Å². The van der Waals surface area contributed by atoms with E-state index in [2.05, 4.69) is 15.2 Å². The Morgan fingerprint density at radius 2 is 2.10 bits per heavy atom. The predicted molar refractivity (Wildman–Crippen MR) is 79.6 cm³/mol. The van der Waals surface area contributed by atoms with Gasteiger partial charge < -0.3 is 0 Å². The zero-order chi connectivity index (χ0) is 14.8. The largest absolute Gasteiger partial charge is 0.328 e. The summed E-state index contributed by atoms with van der Waals surface area (Å²) in [6.45, 7) is 2.64. The Morgan fingerprint density at radius 1 is 1.29 bits per heavy atom. The second kappa shape index (κ2) is 5.71. The highest BCUT2D eigenvalue weighted by molar-refractivity contribution is 5.20. The third-order valence-electron chi connectivity index (χ3n) is 4.27. The maximum Gasteiger partial charge on any atom is 0.328 e. The molecule has 21 heavy (non-hydrogen) atoms. The highest BCUT2D eigenvalue weighted by atomic mass is 16.2. The van der Waals surface area contributed by atoms with Crippen molar-refractivity contribution in [2.45, 2.75) is 52.0 Å². The molecule has 0 fully saturated rings. The number of H-pyrrole nitrogens is 2. The Hall–Kier alpha value is -2.11. The molecule has 0 amide bonds. The van der Waals surface area contributed by atoms with Crippen molar-refractivity contribution in [1.82, 2.24) is 19.7 Å². The molecule has 0 spiro atoms.